The quantitative estimate of drug-likeness (QED) is 0.886. The van der Waals surface area contributed by atoms with Crippen LogP contribution in [0.15, 0.2) is 30.3 Å². The van der Waals surface area contributed by atoms with Crippen molar-refractivity contribution >= 4 is 5.91 Å². The molecule has 0 aromatic heterocycles. The SMILES string of the molecule is CC1CC(c2ccccc2)CN1C(=O)C1CNCCO1. The summed E-state index contributed by atoms with van der Waals surface area (Å²) in [5, 5.41) is 3.22. The number of carbonyl (C=O) groups is 1. The van der Waals surface area contributed by atoms with E-state index < -0.39 is 0 Å². The summed E-state index contributed by atoms with van der Waals surface area (Å²) in [6.07, 6.45) is 0.733. The van der Waals surface area contributed by atoms with Crippen LogP contribution in [0.25, 0.3) is 0 Å². The van der Waals surface area contributed by atoms with Gasteiger partial charge in [0.2, 0.25) is 0 Å². The van der Waals surface area contributed by atoms with E-state index in [9.17, 15) is 4.79 Å². The molecule has 1 aromatic carbocycles. The van der Waals surface area contributed by atoms with Crippen molar-refractivity contribution in [1.29, 1.82) is 0 Å². The van der Waals surface area contributed by atoms with E-state index in [2.05, 4.69) is 36.5 Å². The van der Waals surface area contributed by atoms with Crippen LogP contribution < -0.4 is 5.32 Å². The summed E-state index contributed by atoms with van der Waals surface area (Å²) in [6, 6.07) is 10.8. The molecule has 4 heteroatoms. The zero-order valence-corrected chi connectivity index (χ0v) is 11.9. The van der Waals surface area contributed by atoms with Gasteiger partial charge in [-0.3, -0.25) is 4.79 Å². The lowest BCUT2D eigenvalue weighted by atomic mass is 9.97. The number of nitrogens with one attached hydrogen (secondary N) is 1. The fourth-order valence-electron chi connectivity index (χ4n) is 3.21. The van der Waals surface area contributed by atoms with Gasteiger partial charge < -0.3 is 15.0 Å². The Morgan fingerprint density at radius 3 is 2.85 bits per heavy atom. The predicted octanol–water partition coefficient (Wildman–Crippen LogP) is 1.38. The molecule has 1 N–H and O–H groups in total. The Hall–Kier alpha value is -1.39. The number of likely N-dealkylation sites (tertiary alicyclic amines) is 1. The highest BCUT2D eigenvalue weighted by molar-refractivity contribution is 5.82. The van der Waals surface area contributed by atoms with Gasteiger partial charge in [0.25, 0.3) is 5.91 Å². The molecular formula is C16H22N2O2. The first-order valence-electron chi connectivity index (χ1n) is 7.43. The van der Waals surface area contributed by atoms with E-state index in [1.807, 2.05) is 11.0 Å². The molecule has 2 aliphatic heterocycles. The van der Waals surface area contributed by atoms with Crippen molar-refractivity contribution in [3.63, 3.8) is 0 Å². The number of morpholine rings is 1. The van der Waals surface area contributed by atoms with E-state index >= 15 is 0 Å². The Labute approximate surface area is 120 Å². The molecular weight excluding hydrogens is 252 g/mol. The van der Waals surface area contributed by atoms with Gasteiger partial charge >= 0.3 is 0 Å². The average Bonchev–Trinajstić information content (AvgIpc) is 2.90. The van der Waals surface area contributed by atoms with E-state index in [0.29, 0.717) is 25.1 Å². The molecule has 0 spiro atoms. The Morgan fingerprint density at radius 2 is 2.15 bits per heavy atom. The normalized spacial score (nSPS) is 30.4. The van der Waals surface area contributed by atoms with Crippen LogP contribution in [0.2, 0.25) is 0 Å². The van der Waals surface area contributed by atoms with Gasteiger partial charge in [0.15, 0.2) is 0 Å². The molecule has 0 radical (unpaired) electrons. The minimum absolute atomic E-state index is 0.142. The van der Waals surface area contributed by atoms with Crippen molar-refractivity contribution in [2.24, 2.45) is 0 Å². The second-order valence-corrected chi connectivity index (χ2v) is 5.75. The maximum Gasteiger partial charge on any atom is 0.253 e. The highest BCUT2D eigenvalue weighted by Gasteiger charge is 2.36. The molecule has 20 heavy (non-hydrogen) atoms. The van der Waals surface area contributed by atoms with Gasteiger partial charge in [-0.2, -0.15) is 0 Å². The number of carbonyl (C=O) groups excluding carboxylic acids is 1. The molecule has 1 aromatic rings. The summed E-state index contributed by atoms with van der Waals surface area (Å²) in [5.41, 5.74) is 1.33. The maximum atomic E-state index is 12.5. The lowest BCUT2D eigenvalue weighted by Crippen LogP contribution is -2.50. The number of benzene rings is 1. The molecule has 1 amide bonds. The van der Waals surface area contributed by atoms with E-state index in [4.69, 9.17) is 4.74 Å². The van der Waals surface area contributed by atoms with E-state index in [0.717, 1.165) is 19.5 Å². The third-order valence-corrected chi connectivity index (χ3v) is 4.33. The standard InChI is InChI=1S/C16H22N2O2/c1-12-9-14(13-5-3-2-4-6-13)11-18(12)16(19)15-10-17-7-8-20-15/h2-6,12,14-15,17H,7-11H2,1H3. The fourth-order valence-corrected chi connectivity index (χ4v) is 3.21. The van der Waals surface area contributed by atoms with E-state index in [-0.39, 0.29) is 12.0 Å². The summed E-state index contributed by atoms with van der Waals surface area (Å²) in [6.45, 7) is 5.05. The molecule has 2 aliphatic rings. The highest BCUT2D eigenvalue weighted by Crippen LogP contribution is 2.32. The number of ether oxygens (including phenoxy) is 1. The number of hydrogen-bond acceptors (Lipinski definition) is 3. The monoisotopic (exact) mass is 274 g/mol. The zero-order chi connectivity index (χ0) is 13.9. The lowest BCUT2D eigenvalue weighted by molar-refractivity contribution is -0.145. The van der Waals surface area contributed by atoms with Crippen LogP contribution in [0.4, 0.5) is 0 Å². The maximum absolute atomic E-state index is 12.5. The molecule has 3 rings (SSSR count). The number of rotatable bonds is 2. The molecule has 2 saturated heterocycles. The fraction of sp³-hybridized carbons (Fsp3) is 0.562. The number of amides is 1. The molecule has 3 unspecified atom stereocenters. The number of hydrogen-bond donors (Lipinski definition) is 1. The molecule has 2 heterocycles. The summed E-state index contributed by atoms with van der Waals surface area (Å²) in [7, 11) is 0. The summed E-state index contributed by atoms with van der Waals surface area (Å²) >= 11 is 0. The first-order valence-corrected chi connectivity index (χ1v) is 7.43. The molecule has 4 nitrogen and oxygen atoms in total. The van der Waals surface area contributed by atoms with Crippen molar-refractivity contribution in [2.45, 2.75) is 31.4 Å². The topological polar surface area (TPSA) is 41.6 Å². The Morgan fingerprint density at radius 1 is 1.35 bits per heavy atom. The van der Waals surface area contributed by atoms with Gasteiger partial charge in [0, 0.05) is 31.6 Å². The van der Waals surface area contributed by atoms with Gasteiger partial charge in [-0.1, -0.05) is 30.3 Å². The molecule has 108 valence electrons. The van der Waals surface area contributed by atoms with Crippen molar-refractivity contribution in [3.05, 3.63) is 35.9 Å². The third-order valence-electron chi connectivity index (χ3n) is 4.33. The first kappa shape index (κ1) is 13.6. The van der Waals surface area contributed by atoms with Gasteiger partial charge in [-0.05, 0) is 18.9 Å². The largest absolute Gasteiger partial charge is 0.366 e. The smallest absolute Gasteiger partial charge is 0.253 e. The van der Waals surface area contributed by atoms with Crippen molar-refractivity contribution in [3.8, 4) is 0 Å². The lowest BCUT2D eigenvalue weighted by Gasteiger charge is -2.29. The van der Waals surface area contributed by atoms with Crippen molar-refractivity contribution < 1.29 is 9.53 Å². The highest BCUT2D eigenvalue weighted by atomic mass is 16.5. The minimum Gasteiger partial charge on any atom is -0.366 e. The third kappa shape index (κ3) is 2.72. The summed E-state index contributed by atoms with van der Waals surface area (Å²) in [5.74, 6) is 0.592. The first-order chi connectivity index (χ1) is 9.75. The van der Waals surface area contributed by atoms with Crippen LogP contribution in [0.5, 0.6) is 0 Å². The van der Waals surface area contributed by atoms with Gasteiger partial charge in [0.1, 0.15) is 6.10 Å². The molecule has 0 aliphatic carbocycles. The van der Waals surface area contributed by atoms with Crippen LogP contribution in [0.1, 0.15) is 24.8 Å². The van der Waals surface area contributed by atoms with Gasteiger partial charge in [-0.25, -0.2) is 0 Å². The zero-order valence-electron chi connectivity index (χ0n) is 11.9. The molecule has 3 atom stereocenters. The van der Waals surface area contributed by atoms with Crippen LogP contribution in [-0.4, -0.2) is 49.2 Å². The van der Waals surface area contributed by atoms with Crippen molar-refractivity contribution in [1.82, 2.24) is 10.2 Å². The molecule has 0 saturated carbocycles. The van der Waals surface area contributed by atoms with Gasteiger partial charge in [-0.15, -0.1) is 0 Å². The van der Waals surface area contributed by atoms with Crippen LogP contribution in [0.3, 0.4) is 0 Å². The molecule has 0 bridgehead atoms. The number of nitrogens with zero attached hydrogens (tertiary/aromatic N) is 1. The Bertz CT molecular complexity index is 457. The van der Waals surface area contributed by atoms with Crippen LogP contribution in [0, 0.1) is 0 Å². The molecule has 2 fully saturated rings. The van der Waals surface area contributed by atoms with E-state index in [1.165, 1.54) is 5.56 Å². The van der Waals surface area contributed by atoms with Gasteiger partial charge in [0.05, 0.1) is 6.61 Å². The second-order valence-electron chi connectivity index (χ2n) is 5.75. The van der Waals surface area contributed by atoms with E-state index in [1.54, 1.807) is 0 Å². The Balaban J connectivity index is 1.67. The van der Waals surface area contributed by atoms with Crippen LogP contribution >= 0.6 is 0 Å². The predicted molar refractivity (Wildman–Crippen MR) is 77.6 cm³/mol. The van der Waals surface area contributed by atoms with Crippen molar-refractivity contribution in [2.75, 3.05) is 26.2 Å². The Kier molecular flexibility index (Phi) is 4.03. The second kappa shape index (κ2) is 5.94. The summed E-state index contributed by atoms with van der Waals surface area (Å²) < 4.78 is 5.59. The minimum atomic E-state index is -0.305. The summed E-state index contributed by atoms with van der Waals surface area (Å²) in [4.78, 5) is 14.5. The van der Waals surface area contributed by atoms with Crippen LogP contribution in [-0.2, 0) is 9.53 Å². The average molecular weight is 274 g/mol.